The Labute approximate surface area is 123 Å². The van der Waals surface area contributed by atoms with Gasteiger partial charge in [-0.3, -0.25) is 0 Å². The second-order valence-electron chi connectivity index (χ2n) is 5.02. The van der Waals surface area contributed by atoms with Crippen LogP contribution in [0.5, 0.6) is 0 Å². The molecule has 0 bridgehead atoms. The van der Waals surface area contributed by atoms with E-state index in [0.717, 1.165) is 11.1 Å². The van der Waals surface area contributed by atoms with Crippen LogP contribution in [0.15, 0.2) is 59.1 Å². The van der Waals surface area contributed by atoms with E-state index in [1.165, 1.54) is 5.56 Å². The molecule has 3 rings (SSSR count). The van der Waals surface area contributed by atoms with Crippen LogP contribution >= 0.6 is 0 Å². The fourth-order valence-electron chi connectivity index (χ4n) is 2.26. The van der Waals surface area contributed by atoms with Gasteiger partial charge in [-0.15, -0.1) is 0 Å². The van der Waals surface area contributed by atoms with Crippen molar-refractivity contribution in [2.75, 3.05) is 6.54 Å². The highest BCUT2D eigenvalue weighted by Crippen LogP contribution is 2.24. The summed E-state index contributed by atoms with van der Waals surface area (Å²) in [5.41, 5.74) is 9.10. The summed E-state index contributed by atoms with van der Waals surface area (Å²) < 4.78 is 5.42. The second kappa shape index (κ2) is 5.89. The average molecular weight is 279 g/mol. The van der Waals surface area contributed by atoms with E-state index in [2.05, 4.69) is 10.1 Å². The molecule has 0 saturated heterocycles. The molecular weight excluding hydrogens is 262 g/mol. The van der Waals surface area contributed by atoms with Crippen molar-refractivity contribution in [3.05, 3.63) is 71.6 Å². The van der Waals surface area contributed by atoms with Crippen LogP contribution in [0.4, 0.5) is 0 Å². The lowest BCUT2D eigenvalue weighted by atomic mass is 9.99. The molecule has 0 aliphatic heterocycles. The molecule has 1 aromatic heterocycles. The van der Waals surface area contributed by atoms with Crippen molar-refractivity contribution >= 4 is 0 Å². The van der Waals surface area contributed by atoms with Gasteiger partial charge in [0.15, 0.2) is 0 Å². The smallest absolute Gasteiger partial charge is 0.235 e. The van der Waals surface area contributed by atoms with Crippen molar-refractivity contribution in [3.8, 4) is 11.4 Å². The van der Waals surface area contributed by atoms with E-state index in [4.69, 9.17) is 10.3 Å². The molecule has 106 valence electrons. The minimum absolute atomic E-state index is 0.0714. The average Bonchev–Trinajstić information content (AvgIpc) is 2.99. The van der Waals surface area contributed by atoms with Crippen molar-refractivity contribution in [2.45, 2.75) is 12.8 Å². The van der Waals surface area contributed by atoms with Crippen LogP contribution in [0.2, 0.25) is 0 Å². The number of rotatable bonds is 4. The number of aryl methyl sites for hydroxylation is 1. The van der Waals surface area contributed by atoms with Crippen LogP contribution in [0.25, 0.3) is 11.4 Å². The van der Waals surface area contributed by atoms with Crippen molar-refractivity contribution in [3.63, 3.8) is 0 Å². The molecule has 0 spiro atoms. The lowest BCUT2D eigenvalue weighted by Crippen LogP contribution is -2.14. The highest BCUT2D eigenvalue weighted by molar-refractivity contribution is 5.54. The van der Waals surface area contributed by atoms with Crippen LogP contribution in [-0.2, 0) is 0 Å². The third kappa shape index (κ3) is 2.85. The summed E-state index contributed by atoms with van der Waals surface area (Å²) in [5, 5.41) is 4.07. The molecule has 1 heterocycles. The lowest BCUT2D eigenvalue weighted by Gasteiger charge is -2.09. The molecule has 2 aromatic carbocycles. The van der Waals surface area contributed by atoms with Crippen LogP contribution in [0.3, 0.4) is 0 Å². The predicted octanol–water partition coefficient (Wildman–Crippen LogP) is 3.14. The standard InChI is InChI=1S/C17H17N3O/c1-12-7-9-14(10-8-12)16-19-17(21-20-16)15(11-18)13-5-3-2-4-6-13/h2-10,15H,11,18H2,1H3. The quantitative estimate of drug-likeness (QED) is 0.796. The third-order valence-corrected chi connectivity index (χ3v) is 3.49. The summed E-state index contributed by atoms with van der Waals surface area (Å²) >= 11 is 0. The molecule has 1 unspecified atom stereocenters. The number of hydrogen-bond acceptors (Lipinski definition) is 4. The van der Waals surface area contributed by atoms with Crippen LogP contribution in [-0.4, -0.2) is 16.7 Å². The number of nitrogens with two attached hydrogens (primary N) is 1. The molecular formula is C17H17N3O. The van der Waals surface area contributed by atoms with Crippen molar-refractivity contribution in [1.82, 2.24) is 10.1 Å². The Morgan fingerprint density at radius 3 is 2.43 bits per heavy atom. The monoisotopic (exact) mass is 279 g/mol. The first-order valence-electron chi connectivity index (χ1n) is 6.93. The number of nitrogens with zero attached hydrogens (tertiary/aromatic N) is 2. The Hall–Kier alpha value is -2.46. The van der Waals surface area contributed by atoms with Gasteiger partial charge in [0, 0.05) is 12.1 Å². The van der Waals surface area contributed by atoms with Gasteiger partial charge >= 0.3 is 0 Å². The maximum Gasteiger partial charge on any atom is 0.235 e. The molecule has 1 atom stereocenters. The van der Waals surface area contributed by atoms with E-state index < -0.39 is 0 Å². The highest BCUT2D eigenvalue weighted by Gasteiger charge is 2.19. The van der Waals surface area contributed by atoms with Gasteiger partial charge in [0.25, 0.3) is 0 Å². The van der Waals surface area contributed by atoms with Crippen molar-refractivity contribution < 1.29 is 4.52 Å². The zero-order valence-electron chi connectivity index (χ0n) is 11.9. The molecule has 0 aliphatic carbocycles. The minimum atomic E-state index is -0.0714. The maximum atomic E-state index is 5.88. The maximum absolute atomic E-state index is 5.88. The topological polar surface area (TPSA) is 64.9 Å². The summed E-state index contributed by atoms with van der Waals surface area (Å²) in [6.07, 6.45) is 0. The van der Waals surface area contributed by atoms with Gasteiger partial charge in [-0.1, -0.05) is 65.3 Å². The van der Waals surface area contributed by atoms with Gasteiger partial charge in [-0.2, -0.15) is 4.98 Å². The van der Waals surface area contributed by atoms with E-state index >= 15 is 0 Å². The largest absolute Gasteiger partial charge is 0.338 e. The van der Waals surface area contributed by atoms with Gasteiger partial charge in [0.1, 0.15) is 0 Å². The Balaban J connectivity index is 1.92. The fourth-order valence-corrected chi connectivity index (χ4v) is 2.26. The molecule has 4 nitrogen and oxygen atoms in total. The normalized spacial score (nSPS) is 12.3. The van der Waals surface area contributed by atoms with Gasteiger partial charge in [0.05, 0.1) is 5.92 Å². The first-order valence-corrected chi connectivity index (χ1v) is 6.93. The summed E-state index contributed by atoms with van der Waals surface area (Å²) in [6.45, 7) is 2.48. The van der Waals surface area contributed by atoms with Gasteiger partial charge in [-0.05, 0) is 12.5 Å². The molecule has 0 fully saturated rings. The minimum Gasteiger partial charge on any atom is -0.338 e. The summed E-state index contributed by atoms with van der Waals surface area (Å²) in [6, 6.07) is 18.0. The van der Waals surface area contributed by atoms with Crippen LogP contribution < -0.4 is 5.73 Å². The molecule has 21 heavy (non-hydrogen) atoms. The van der Waals surface area contributed by atoms with Gasteiger partial charge < -0.3 is 10.3 Å². The van der Waals surface area contributed by atoms with E-state index in [0.29, 0.717) is 18.3 Å². The molecule has 0 radical (unpaired) electrons. The second-order valence-corrected chi connectivity index (χ2v) is 5.02. The Kier molecular flexibility index (Phi) is 3.79. The summed E-state index contributed by atoms with van der Waals surface area (Å²) in [4.78, 5) is 4.50. The molecule has 3 aromatic rings. The number of hydrogen-bond donors (Lipinski definition) is 1. The van der Waals surface area contributed by atoms with Crippen LogP contribution in [0.1, 0.15) is 22.9 Å². The number of aromatic nitrogens is 2. The summed E-state index contributed by atoms with van der Waals surface area (Å²) in [5.74, 6) is 1.08. The van der Waals surface area contributed by atoms with E-state index in [9.17, 15) is 0 Å². The highest BCUT2D eigenvalue weighted by atomic mass is 16.5. The zero-order chi connectivity index (χ0) is 14.7. The SMILES string of the molecule is Cc1ccc(-c2noc(C(CN)c3ccccc3)n2)cc1. The van der Waals surface area contributed by atoms with E-state index in [1.54, 1.807) is 0 Å². The lowest BCUT2D eigenvalue weighted by molar-refractivity contribution is 0.367. The number of benzene rings is 2. The molecule has 0 saturated carbocycles. The van der Waals surface area contributed by atoms with Crippen molar-refractivity contribution in [1.29, 1.82) is 0 Å². The van der Waals surface area contributed by atoms with E-state index in [1.807, 2.05) is 61.5 Å². The van der Waals surface area contributed by atoms with Gasteiger partial charge in [-0.25, -0.2) is 0 Å². The summed E-state index contributed by atoms with van der Waals surface area (Å²) in [7, 11) is 0. The first kappa shape index (κ1) is 13.5. The third-order valence-electron chi connectivity index (χ3n) is 3.49. The Bertz CT molecular complexity index is 704. The van der Waals surface area contributed by atoms with E-state index in [-0.39, 0.29) is 5.92 Å². The predicted molar refractivity (Wildman–Crippen MR) is 81.8 cm³/mol. The molecule has 0 amide bonds. The molecule has 0 aliphatic rings. The van der Waals surface area contributed by atoms with Crippen molar-refractivity contribution in [2.24, 2.45) is 5.73 Å². The Morgan fingerprint density at radius 1 is 1.05 bits per heavy atom. The zero-order valence-corrected chi connectivity index (χ0v) is 11.9. The molecule has 4 heteroatoms. The molecule has 2 N–H and O–H groups in total. The van der Waals surface area contributed by atoms with Gasteiger partial charge in [0.2, 0.25) is 11.7 Å². The fraction of sp³-hybridized carbons (Fsp3) is 0.176. The first-order chi connectivity index (χ1) is 10.3. The Morgan fingerprint density at radius 2 is 1.76 bits per heavy atom. The van der Waals surface area contributed by atoms with Crippen LogP contribution in [0, 0.1) is 6.92 Å².